The van der Waals surface area contributed by atoms with E-state index in [2.05, 4.69) is 4.98 Å². The monoisotopic (exact) mass is 243 g/mol. The summed E-state index contributed by atoms with van der Waals surface area (Å²) < 4.78 is 24.1. The number of sulfone groups is 1. The Labute approximate surface area is 91.1 Å². The minimum atomic E-state index is -3.61. The first-order valence-corrected chi connectivity index (χ1v) is 6.69. The summed E-state index contributed by atoms with van der Waals surface area (Å²) in [6, 6.07) is 4.64. The highest BCUT2D eigenvalue weighted by Crippen LogP contribution is 2.23. The van der Waals surface area contributed by atoms with Gasteiger partial charge in [-0.3, -0.25) is 0 Å². The minimum absolute atomic E-state index is 0.134. The Balaban J connectivity index is 2.63. The predicted molar refractivity (Wildman–Crippen MR) is 58.5 cm³/mol. The van der Waals surface area contributed by atoms with Crippen LogP contribution in [0.3, 0.4) is 0 Å². The van der Waals surface area contributed by atoms with Gasteiger partial charge in [0.1, 0.15) is 0 Å². The minimum Gasteiger partial charge on any atom is -0.377 e. The van der Waals surface area contributed by atoms with Crippen molar-refractivity contribution in [2.45, 2.75) is 17.3 Å². The number of aliphatic hydroxyl groups is 1. The average Bonchev–Trinajstić information content (AvgIpc) is 2.63. The lowest BCUT2D eigenvalue weighted by Crippen LogP contribution is -2.16. The molecular weight excluding hydrogens is 234 g/mol. The third kappa shape index (κ3) is 1.75. The smallest absolute Gasteiger partial charge is 0.204 e. The van der Waals surface area contributed by atoms with Gasteiger partial charge in [-0.25, -0.2) is 13.4 Å². The molecule has 0 fully saturated rings. The van der Waals surface area contributed by atoms with Crippen molar-refractivity contribution < 1.29 is 13.5 Å². The van der Waals surface area contributed by atoms with E-state index in [-0.39, 0.29) is 4.90 Å². The van der Waals surface area contributed by atoms with Crippen LogP contribution in [0, 0.1) is 0 Å². The Morgan fingerprint density at radius 1 is 1.47 bits per heavy atom. The molecule has 0 bridgehead atoms. The molecule has 1 atom stereocenters. The molecule has 0 saturated heterocycles. The lowest BCUT2D eigenvalue weighted by molar-refractivity contribution is 0.268. The number of aromatic nitrogens is 1. The molecule has 2 aromatic rings. The molecule has 80 valence electrons. The molecule has 0 aliphatic heterocycles. The van der Waals surface area contributed by atoms with Crippen LogP contribution in [0.25, 0.3) is 10.2 Å². The molecule has 1 aromatic heterocycles. The van der Waals surface area contributed by atoms with Gasteiger partial charge in [0.05, 0.1) is 20.6 Å². The van der Waals surface area contributed by atoms with Crippen molar-refractivity contribution in [3.8, 4) is 0 Å². The number of fused-ring (bicyclic) bond motifs is 1. The molecule has 0 aliphatic rings. The Bertz CT molecular complexity index is 586. The van der Waals surface area contributed by atoms with Crippen LogP contribution in [0.15, 0.2) is 28.6 Å². The van der Waals surface area contributed by atoms with E-state index < -0.39 is 15.3 Å². The normalized spacial score (nSPS) is 14.3. The molecule has 0 saturated carbocycles. The average molecular weight is 243 g/mol. The number of rotatable bonds is 2. The van der Waals surface area contributed by atoms with Crippen LogP contribution in [-0.4, -0.2) is 23.9 Å². The topological polar surface area (TPSA) is 67.3 Å². The van der Waals surface area contributed by atoms with E-state index in [0.29, 0.717) is 0 Å². The number of hydrogen-bond acceptors (Lipinski definition) is 5. The van der Waals surface area contributed by atoms with Gasteiger partial charge in [-0.05, 0) is 25.1 Å². The van der Waals surface area contributed by atoms with E-state index in [4.69, 9.17) is 5.11 Å². The molecule has 0 radical (unpaired) electrons. The zero-order valence-corrected chi connectivity index (χ0v) is 9.55. The second kappa shape index (κ2) is 3.55. The van der Waals surface area contributed by atoms with Crippen LogP contribution < -0.4 is 0 Å². The molecule has 15 heavy (non-hydrogen) atoms. The van der Waals surface area contributed by atoms with Crippen LogP contribution in [0.5, 0.6) is 0 Å². The zero-order chi connectivity index (χ0) is 11.1. The fraction of sp³-hybridized carbons (Fsp3) is 0.222. The second-order valence-electron chi connectivity index (χ2n) is 3.13. The van der Waals surface area contributed by atoms with Crippen LogP contribution >= 0.6 is 11.3 Å². The molecule has 2 rings (SSSR count). The van der Waals surface area contributed by atoms with Crippen LogP contribution in [-0.2, 0) is 9.84 Å². The van der Waals surface area contributed by atoms with Gasteiger partial charge >= 0.3 is 0 Å². The third-order valence-electron chi connectivity index (χ3n) is 2.08. The highest BCUT2D eigenvalue weighted by atomic mass is 32.2. The number of hydrogen-bond donors (Lipinski definition) is 1. The van der Waals surface area contributed by atoms with Crippen molar-refractivity contribution in [1.82, 2.24) is 4.98 Å². The van der Waals surface area contributed by atoms with Gasteiger partial charge in [0, 0.05) is 0 Å². The largest absolute Gasteiger partial charge is 0.377 e. The van der Waals surface area contributed by atoms with Gasteiger partial charge in [-0.2, -0.15) is 0 Å². The van der Waals surface area contributed by atoms with Gasteiger partial charge in [-0.1, -0.05) is 0 Å². The fourth-order valence-corrected chi connectivity index (χ4v) is 2.93. The molecule has 0 aliphatic carbocycles. The predicted octanol–water partition coefficient (Wildman–Crippen LogP) is 1.41. The summed E-state index contributed by atoms with van der Waals surface area (Å²) in [5.41, 5.74) is 1.04. The van der Waals surface area contributed by atoms with E-state index in [1.807, 2.05) is 0 Å². The van der Waals surface area contributed by atoms with E-state index >= 15 is 0 Å². The summed E-state index contributed by atoms with van der Waals surface area (Å²) in [6.45, 7) is 1.24. The quantitative estimate of drug-likeness (QED) is 0.866. The summed E-state index contributed by atoms with van der Waals surface area (Å²) in [5.74, 6) is 0. The van der Waals surface area contributed by atoms with Gasteiger partial charge in [-0.15, -0.1) is 11.3 Å². The summed E-state index contributed by atoms with van der Waals surface area (Å²) >= 11 is 1.37. The SMILES string of the molecule is CC(O)S(=O)(=O)c1ccc2ncsc2c1. The van der Waals surface area contributed by atoms with Gasteiger partial charge in [0.2, 0.25) is 9.84 Å². The molecule has 0 spiro atoms. The molecule has 1 heterocycles. The van der Waals surface area contributed by atoms with Crippen molar-refractivity contribution in [2.24, 2.45) is 0 Å². The van der Waals surface area contributed by atoms with Crippen LogP contribution in [0.1, 0.15) is 6.92 Å². The lowest BCUT2D eigenvalue weighted by Gasteiger charge is -2.06. The highest BCUT2D eigenvalue weighted by Gasteiger charge is 2.21. The maximum Gasteiger partial charge on any atom is 0.204 e. The first-order chi connectivity index (χ1) is 7.01. The zero-order valence-electron chi connectivity index (χ0n) is 7.91. The van der Waals surface area contributed by atoms with Gasteiger partial charge in [0.25, 0.3) is 0 Å². The number of benzene rings is 1. The molecule has 1 N–H and O–H groups in total. The van der Waals surface area contributed by atoms with Crippen LogP contribution in [0.4, 0.5) is 0 Å². The first-order valence-electron chi connectivity index (χ1n) is 4.27. The van der Waals surface area contributed by atoms with E-state index in [1.54, 1.807) is 11.6 Å². The molecule has 1 aromatic carbocycles. The van der Waals surface area contributed by atoms with Crippen LogP contribution in [0.2, 0.25) is 0 Å². The summed E-state index contributed by atoms with van der Waals surface area (Å²) in [4.78, 5) is 4.18. The van der Waals surface area contributed by atoms with E-state index in [1.165, 1.54) is 30.4 Å². The lowest BCUT2D eigenvalue weighted by atomic mass is 10.3. The molecule has 0 amide bonds. The van der Waals surface area contributed by atoms with Crippen molar-refractivity contribution in [3.63, 3.8) is 0 Å². The summed E-state index contributed by atoms with van der Waals surface area (Å²) in [5, 5.41) is 9.16. The third-order valence-corrected chi connectivity index (χ3v) is 4.68. The summed E-state index contributed by atoms with van der Waals surface area (Å²) in [7, 11) is -3.61. The number of thiazole rings is 1. The maximum atomic E-state index is 11.6. The molecule has 6 heteroatoms. The number of aliphatic hydroxyl groups excluding tert-OH is 1. The van der Waals surface area contributed by atoms with E-state index in [0.717, 1.165) is 10.2 Å². The van der Waals surface area contributed by atoms with Crippen molar-refractivity contribution in [2.75, 3.05) is 0 Å². The Kier molecular flexibility index (Phi) is 2.49. The van der Waals surface area contributed by atoms with Crippen molar-refractivity contribution >= 4 is 31.4 Å². The first kappa shape index (κ1) is 10.5. The van der Waals surface area contributed by atoms with E-state index in [9.17, 15) is 8.42 Å². The maximum absolute atomic E-state index is 11.6. The Hall–Kier alpha value is -0.980. The van der Waals surface area contributed by atoms with Crippen molar-refractivity contribution in [1.29, 1.82) is 0 Å². The van der Waals surface area contributed by atoms with Gasteiger partial charge in [0.15, 0.2) is 5.44 Å². The fourth-order valence-electron chi connectivity index (χ4n) is 1.21. The summed E-state index contributed by atoms with van der Waals surface area (Å²) in [6.07, 6.45) is 0. The molecular formula is C9H9NO3S2. The van der Waals surface area contributed by atoms with Crippen molar-refractivity contribution in [3.05, 3.63) is 23.7 Å². The Morgan fingerprint density at radius 3 is 2.87 bits per heavy atom. The van der Waals surface area contributed by atoms with Gasteiger partial charge < -0.3 is 5.11 Å². The number of nitrogens with zero attached hydrogens (tertiary/aromatic N) is 1. The highest BCUT2D eigenvalue weighted by molar-refractivity contribution is 7.91. The standard InChI is InChI=1S/C9H9NO3S2/c1-6(11)15(12,13)7-2-3-8-9(4-7)14-5-10-8/h2-6,11H,1H3. The molecule has 4 nitrogen and oxygen atoms in total. The molecule has 1 unspecified atom stereocenters. The Morgan fingerprint density at radius 2 is 2.20 bits per heavy atom. The second-order valence-corrected chi connectivity index (χ2v) is 6.26.